The summed E-state index contributed by atoms with van der Waals surface area (Å²) in [6, 6.07) is 4.96. The van der Waals surface area contributed by atoms with E-state index in [0.29, 0.717) is 0 Å². The molecule has 0 atom stereocenters. The molecule has 0 aliphatic heterocycles. The van der Waals surface area contributed by atoms with E-state index in [-0.39, 0.29) is 23.8 Å². The second-order valence-electron chi connectivity index (χ2n) is 4.25. The first-order chi connectivity index (χ1) is 9.99. The molecule has 8 heteroatoms. The number of aliphatic hydroxyl groups excluding tert-OH is 1. The number of nitrogens with zero attached hydrogens (tertiary/aromatic N) is 1. The van der Waals surface area contributed by atoms with Gasteiger partial charge in [0.05, 0.1) is 29.8 Å². The fraction of sp³-hybridized carbons (Fsp3) is 0.308. The van der Waals surface area contributed by atoms with E-state index in [1.54, 1.807) is 23.7 Å². The fourth-order valence-electron chi connectivity index (χ4n) is 1.86. The predicted octanol–water partition coefficient (Wildman–Crippen LogP) is 1.40. The molecule has 0 amide bonds. The molecule has 114 valence electrons. The van der Waals surface area contributed by atoms with Crippen LogP contribution in [0.15, 0.2) is 28.6 Å². The van der Waals surface area contributed by atoms with Crippen LogP contribution in [0.2, 0.25) is 0 Å². The van der Waals surface area contributed by atoms with Crippen LogP contribution in [0.3, 0.4) is 0 Å². The Morgan fingerprint density at radius 2 is 2.19 bits per heavy atom. The molecule has 21 heavy (non-hydrogen) atoms. The summed E-state index contributed by atoms with van der Waals surface area (Å²) in [5, 5.41) is 8.78. The largest absolute Gasteiger partial charge is 0.495 e. The van der Waals surface area contributed by atoms with Gasteiger partial charge >= 0.3 is 0 Å². The van der Waals surface area contributed by atoms with E-state index in [0.717, 1.165) is 16.1 Å². The lowest BCUT2D eigenvalue weighted by Crippen LogP contribution is -2.27. The predicted molar refractivity (Wildman–Crippen MR) is 81.1 cm³/mol. The number of nitrogens with one attached hydrogen (secondary N) is 1. The fourth-order valence-corrected chi connectivity index (χ4v) is 3.88. The third-order valence-corrected chi connectivity index (χ3v) is 5.32. The molecular weight excluding hydrogens is 312 g/mol. The summed E-state index contributed by atoms with van der Waals surface area (Å²) in [4.78, 5) is 5.12. The lowest BCUT2D eigenvalue weighted by atomic mass is 10.1. The monoisotopic (exact) mass is 328 g/mol. The van der Waals surface area contributed by atoms with Gasteiger partial charge in [0.1, 0.15) is 10.6 Å². The standard InChI is InChI=1S/C13H16N2O4S2/c1-9-13(20-8-14-9)10-3-4-11(19-2)12(7-10)21(17,18)15-5-6-16/h3-4,7-8,15-16H,5-6H2,1-2H3. The lowest BCUT2D eigenvalue weighted by molar-refractivity contribution is 0.301. The van der Waals surface area contributed by atoms with Gasteiger partial charge in [-0.3, -0.25) is 0 Å². The number of ether oxygens (including phenoxy) is 1. The molecule has 0 bridgehead atoms. The van der Waals surface area contributed by atoms with Gasteiger partial charge in [0.25, 0.3) is 0 Å². The zero-order valence-corrected chi connectivity index (χ0v) is 13.3. The quantitative estimate of drug-likeness (QED) is 0.837. The minimum absolute atomic E-state index is 0.0451. The van der Waals surface area contributed by atoms with Gasteiger partial charge in [-0.05, 0) is 30.7 Å². The van der Waals surface area contributed by atoms with Crippen molar-refractivity contribution >= 4 is 21.4 Å². The van der Waals surface area contributed by atoms with Gasteiger partial charge in [0, 0.05) is 6.54 Å². The first-order valence-corrected chi connectivity index (χ1v) is 8.55. The normalized spacial score (nSPS) is 11.6. The maximum Gasteiger partial charge on any atom is 0.244 e. The van der Waals surface area contributed by atoms with E-state index in [2.05, 4.69) is 9.71 Å². The average molecular weight is 328 g/mol. The Morgan fingerprint density at radius 1 is 1.43 bits per heavy atom. The molecular formula is C13H16N2O4S2. The van der Waals surface area contributed by atoms with E-state index < -0.39 is 10.0 Å². The van der Waals surface area contributed by atoms with Crippen LogP contribution in [-0.2, 0) is 10.0 Å². The number of rotatable bonds is 6. The molecule has 0 saturated carbocycles. The number of aliphatic hydroxyl groups is 1. The Balaban J connectivity index is 2.51. The molecule has 2 N–H and O–H groups in total. The molecule has 2 aromatic rings. The van der Waals surface area contributed by atoms with Crippen molar-refractivity contribution in [3.05, 3.63) is 29.4 Å². The lowest BCUT2D eigenvalue weighted by Gasteiger charge is -2.11. The zero-order chi connectivity index (χ0) is 15.5. The van der Waals surface area contributed by atoms with Crippen LogP contribution < -0.4 is 9.46 Å². The highest BCUT2D eigenvalue weighted by atomic mass is 32.2. The second-order valence-corrected chi connectivity index (χ2v) is 6.84. The Hall–Kier alpha value is -1.48. The number of hydrogen-bond donors (Lipinski definition) is 2. The highest BCUT2D eigenvalue weighted by molar-refractivity contribution is 7.89. The second kappa shape index (κ2) is 6.52. The Kier molecular flexibility index (Phi) is 4.94. The molecule has 0 aliphatic carbocycles. The molecule has 1 aromatic heterocycles. The summed E-state index contributed by atoms with van der Waals surface area (Å²) in [5.41, 5.74) is 3.32. The third kappa shape index (κ3) is 3.41. The summed E-state index contributed by atoms with van der Waals surface area (Å²) >= 11 is 1.45. The van der Waals surface area contributed by atoms with Crippen molar-refractivity contribution in [3.8, 4) is 16.2 Å². The van der Waals surface area contributed by atoms with Gasteiger partial charge in [-0.25, -0.2) is 18.1 Å². The zero-order valence-electron chi connectivity index (χ0n) is 11.7. The highest BCUT2D eigenvalue weighted by Gasteiger charge is 2.20. The summed E-state index contributed by atoms with van der Waals surface area (Å²) in [6.45, 7) is 1.55. The van der Waals surface area contributed by atoms with E-state index in [4.69, 9.17) is 9.84 Å². The molecule has 1 aromatic carbocycles. The van der Waals surface area contributed by atoms with Gasteiger partial charge in [-0.2, -0.15) is 0 Å². The van der Waals surface area contributed by atoms with Gasteiger partial charge in [-0.1, -0.05) is 0 Å². The van der Waals surface area contributed by atoms with Crippen LogP contribution in [0, 0.1) is 6.92 Å². The van der Waals surface area contributed by atoms with E-state index in [9.17, 15) is 8.42 Å². The summed E-state index contributed by atoms with van der Waals surface area (Å²) in [5.74, 6) is 0.256. The van der Waals surface area contributed by atoms with Crippen LogP contribution >= 0.6 is 11.3 Å². The smallest absolute Gasteiger partial charge is 0.244 e. The maximum absolute atomic E-state index is 12.3. The van der Waals surface area contributed by atoms with Gasteiger partial charge in [0.2, 0.25) is 10.0 Å². The molecule has 6 nitrogen and oxygen atoms in total. The van der Waals surface area contributed by atoms with Gasteiger partial charge < -0.3 is 9.84 Å². The molecule has 1 heterocycles. The number of hydrogen-bond acceptors (Lipinski definition) is 6. The van der Waals surface area contributed by atoms with E-state index in [1.165, 1.54) is 18.4 Å². The first-order valence-electron chi connectivity index (χ1n) is 6.18. The molecule has 0 radical (unpaired) electrons. The van der Waals surface area contributed by atoms with E-state index in [1.807, 2.05) is 6.92 Å². The molecule has 0 aliphatic rings. The number of aryl methyl sites for hydroxylation is 1. The van der Waals surface area contributed by atoms with E-state index >= 15 is 0 Å². The number of thiazole rings is 1. The van der Waals surface area contributed by atoms with Crippen molar-refractivity contribution in [2.75, 3.05) is 20.3 Å². The number of sulfonamides is 1. The molecule has 0 saturated heterocycles. The van der Waals surface area contributed by atoms with Crippen LogP contribution in [-0.4, -0.2) is 38.8 Å². The highest BCUT2D eigenvalue weighted by Crippen LogP contribution is 2.33. The van der Waals surface area contributed by atoms with Crippen LogP contribution in [0.5, 0.6) is 5.75 Å². The number of aromatic nitrogens is 1. The van der Waals surface area contributed by atoms with Gasteiger partial charge in [0.15, 0.2) is 0 Å². The minimum atomic E-state index is -3.74. The van der Waals surface area contributed by atoms with Gasteiger partial charge in [-0.15, -0.1) is 11.3 Å². The van der Waals surface area contributed by atoms with Crippen molar-refractivity contribution in [2.45, 2.75) is 11.8 Å². The summed E-state index contributed by atoms with van der Waals surface area (Å²) in [6.07, 6.45) is 0. The van der Waals surface area contributed by atoms with Crippen LogP contribution in [0.1, 0.15) is 5.69 Å². The van der Waals surface area contributed by atoms with Crippen molar-refractivity contribution < 1.29 is 18.3 Å². The minimum Gasteiger partial charge on any atom is -0.495 e. The first kappa shape index (κ1) is 15.9. The molecule has 0 unspecified atom stereocenters. The summed E-state index contributed by atoms with van der Waals surface area (Å²) < 4.78 is 32.0. The van der Waals surface area contributed by atoms with Crippen LogP contribution in [0.4, 0.5) is 0 Å². The molecule has 0 spiro atoms. The number of benzene rings is 1. The summed E-state index contributed by atoms with van der Waals surface area (Å²) in [7, 11) is -2.33. The van der Waals surface area contributed by atoms with Crippen molar-refractivity contribution in [1.82, 2.24) is 9.71 Å². The Morgan fingerprint density at radius 3 is 2.76 bits per heavy atom. The Bertz CT molecular complexity index is 726. The maximum atomic E-state index is 12.3. The topological polar surface area (TPSA) is 88.5 Å². The Labute approximate surface area is 127 Å². The van der Waals surface area contributed by atoms with Crippen molar-refractivity contribution in [1.29, 1.82) is 0 Å². The van der Waals surface area contributed by atoms with Crippen molar-refractivity contribution in [2.24, 2.45) is 0 Å². The molecule has 0 fully saturated rings. The third-order valence-electron chi connectivity index (χ3n) is 2.86. The average Bonchev–Trinajstić information content (AvgIpc) is 2.90. The SMILES string of the molecule is COc1ccc(-c2scnc2C)cc1S(=O)(=O)NCCO. The van der Waals surface area contributed by atoms with Crippen molar-refractivity contribution in [3.63, 3.8) is 0 Å². The number of methoxy groups -OCH3 is 1. The van der Waals surface area contributed by atoms with Crippen LogP contribution in [0.25, 0.3) is 10.4 Å². The molecule has 2 rings (SSSR count).